The summed E-state index contributed by atoms with van der Waals surface area (Å²) < 4.78 is 0. The maximum absolute atomic E-state index is 12.5. The quantitative estimate of drug-likeness (QED) is 0.840. The first-order chi connectivity index (χ1) is 12.5. The molecule has 1 atom stereocenters. The molecule has 3 rings (SSSR count). The second kappa shape index (κ2) is 8.39. The minimum absolute atomic E-state index is 0.00593. The third kappa shape index (κ3) is 4.45. The molecule has 0 saturated heterocycles. The smallest absolute Gasteiger partial charge is 0.237 e. The Labute approximate surface area is 159 Å². The van der Waals surface area contributed by atoms with Crippen LogP contribution in [0.1, 0.15) is 24.5 Å². The van der Waals surface area contributed by atoms with Crippen LogP contribution >= 0.6 is 11.6 Å². The third-order valence-electron chi connectivity index (χ3n) is 4.82. The molecule has 26 heavy (non-hydrogen) atoms. The van der Waals surface area contributed by atoms with Crippen LogP contribution in [-0.2, 0) is 11.3 Å². The molecule has 0 aromatic heterocycles. The minimum Gasteiger partial charge on any atom is -0.508 e. The van der Waals surface area contributed by atoms with Gasteiger partial charge in [0.25, 0.3) is 0 Å². The number of hydrogen-bond acceptors (Lipinski definition) is 3. The Morgan fingerprint density at radius 2 is 1.96 bits per heavy atom. The zero-order valence-electron chi connectivity index (χ0n) is 14.8. The Balaban J connectivity index is 1.55. The van der Waals surface area contributed by atoms with Crippen molar-refractivity contribution in [3.05, 3.63) is 70.8 Å². The number of halogens is 1. The van der Waals surface area contributed by atoms with Gasteiger partial charge in [0.15, 0.2) is 0 Å². The lowest BCUT2D eigenvalue weighted by Gasteiger charge is -2.31. The van der Waals surface area contributed by atoms with Crippen molar-refractivity contribution in [2.75, 3.05) is 13.1 Å². The lowest BCUT2D eigenvalue weighted by atomic mass is 9.98. The van der Waals surface area contributed by atoms with Crippen molar-refractivity contribution >= 4 is 23.1 Å². The van der Waals surface area contributed by atoms with Crippen LogP contribution in [0.4, 0.5) is 0 Å². The van der Waals surface area contributed by atoms with E-state index in [-0.39, 0.29) is 17.7 Å². The molecule has 1 aliphatic heterocycles. The second-order valence-corrected chi connectivity index (χ2v) is 6.91. The van der Waals surface area contributed by atoms with Gasteiger partial charge in [-0.2, -0.15) is 0 Å². The highest BCUT2D eigenvalue weighted by atomic mass is 35.5. The molecule has 0 fully saturated rings. The number of aromatic hydroxyl groups is 1. The maximum atomic E-state index is 12.5. The first kappa shape index (κ1) is 18.5. The molecule has 4 nitrogen and oxygen atoms in total. The van der Waals surface area contributed by atoms with E-state index in [1.807, 2.05) is 43.3 Å². The number of rotatable bonds is 5. The van der Waals surface area contributed by atoms with E-state index in [0.29, 0.717) is 11.6 Å². The number of hydrogen-bond donors (Lipinski definition) is 2. The highest BCUT2D eigenvalue weighted by molar-refractivity contribution is 6.31. The molecule has 1 unspecified atom stereocenters. The van der Waals surface area contributed by atoms with Gasteiger partial charge in [-0.1, -0.05) is 48.0 Å². The first-order valence-corrected chi connectivity index (χ1v) is 9.16. The van der Waals surface area contributed by atoms with Gasteiger partial charge in [-0.25, -0.2) is 0 Å². The monoisotopic (exact) mass is 370 g/mol. The van der Waals surface area contributed by atoms with Gasteiger partial charge in [0, 0.05) is 24.7 Å². The van der Waals surface area contributed by atoms with Gasteiger partial charge in [0.2, 0.25) is 5.91 Å². The van der Waals surface area contributed by atoms with Crippen LogP contribution in [0.25, 0.3) is 5.57 Å². The van der Waals surface area contributed by atoms with Crippen LogP contribution in [0.5, 0.6) is 5.75 Å². The molecule has 1 heterocycles. The molecule has 0 aliphatic carbocycles. The molecule has 0 bridgehead atoms. The summed E-state index contributed by atoms with van der Waals surface area (Å²) >= 11 is 6.13. The summed E-state index contributed by atoms with van der Waals surface area (Å²) in [5.41, 5.74) is 3.30. The summed E-state index contributed by atoms with van der Waals surface area (Å²) in [4.78, 5) is 14.6. The van der Waals surface area contributed by atoms with E-state index in [1.54, 1.807) is 12.1 Å². The number of amides is 1. The van der Waals surface area contributed by atoms with E-state index in [2.05, 4.69) is 16.3 Å². The zero-order valence-corrected chi connectivity index (χ0v) is 15.5. The summed E-state index contributed by atoms with van der Waals surface area (Å²) in [6.45, 7) is 3.93. The zero-order chi connectivity index (χ0) is 18.5. The van der Waals surface area contributed by atoms with E-state index in [4.69, 9.17) is 11.6 Å². The van der Waals surface area contributed by atoms with Gasteiger partial charge < -0.3 is 10.4 Å². The molecule has 2 aromatic carbocycles. The number of phenolic OH excluding ortho intramolecular Hbond substituents is 1. The third-order valence-corrected chi connectivity index (χ3v) is 5.19. The van der Waals surface area contributed by atoms with Crippen molar-refractivity contribution < 1.29 is 9.90 Å². The standard InChI is InChI=1S/C21H23ClN2O2/c1-15(21(26)23-14-18-4-2-3-5-20(18)22)24-12-10-17(11-13-24)16-6-8-19(25)9-7-16/h2-10,15,25H,11-14H2,1H3,(H,23,26). The van der Waals surface area contributed by atoms with Gasteiger partial charge in [-0.05, 0) is 48.2 Å². The van der Waals surface area contributed by atoms with E-state index in [9.17, 15) is 9.90 Å². The van der Waals surface area contributed by atoms with Gasteiger partial charge in [0.05, 0.1) is 6.04 Å². The average molecular weight is 371 g/mol. The van der Waals surface area contributed by atoms with Crippen molar-refractivity contribution in [3.8, 4) is 5.75 Å². The molecule has 0 radical (unpaired) electrons. The molecule has 0 spiro atoms. The molecule has 2 N–H and O–H groups in total. The summed E-state index contributed by atoms with van der Waals surface area (Å²) in [6, 6.07) is 14.6. The fourth-order valence-electron chi connectivity index (χ4n) is 3.11. The normalized spacial score (nSPS) is 16.0. The van der Waals surface area contributed by atoms with Gasteiger partial charge in [-0.3, -0.25) is 9.69 Å². The fraction of sp³-hybridized carbons (Fsp3) is 0.286. The molecule has 1 aliphatic rings. The van der Waals surface area contributed by atoms with Crippen LogP contribution in [0.3, 0.4) is 0 Å². The van der Waals surface area contributed by atoms with Gasteiger partial charge in [0.1, 0.15) is 5.75 Å². The summed E-state index contributed by atoms with van der Waals surface area (Å²) in [5.74, 6) is 0.280. The van der Waals surface area contributed by atoms with E-state index in [0.717, 1.165) is 30.6 Å². The summed E-state index contributed by atoms with van der Waals surface area (Å²) in [5, 5.41) is 13.0. The Kier molecular flexibility index (Phi) is 5.96. The number of nitrogens with zero attached hydrogens (tertiary/aromatic N) is 1. The number of benzene rings is 2. The van der Waals surface area contributed by atoms with Crippen molar-refractivity contribution in [3.63, 3.8) is 0 Å². The topological polar surface area (TPSA) is 52.6 Å². The summed E-state index contributed by atoms with van der Waals surface area (Å²) in [6.07, 6.45) is 3.04. The second-order valence-electron chi connectivity index (χ2n) is 6.51. The van der Waals surface area contributed by atoms with Gasteiger partial charge >= 0.3 is 0 Å². The maximum Gasteiger partial charge on any atom is 0.237 e. The lowest BCUT2D eigenvalue weighted by Crippen LogP contribution is -2.46. The van der Waals surface area contributed by atoms with Crippen molar-refractivity contribution in [2.45, 2.75) is 25.9 Å². The number of nitrogens with one attached hydrogen (secondary N) is 1. The molecule has 5 heteroatoms. The molecular formula is C21H23ClN2O2. The molecule has 1 amide bonds. The first-order valence-electron chi connectivity index (χ1n) is 8.78. The van der Waals surface area contributed by atoms with Crippen LogP contribution in [0.15, 0.2) is 54.6 Å². The predicted molar refractivity (Wildman–Crippen MR) is 105 cm³/mol. The largest absolute Gasteiger partial charge is 0.508 e. The predicted octanol–water partition coefficient (Wildman–Crippen LogP) is 3.84. The van der Waals surface area contributed by atoms with Crippen LogP contribution < -0.4 is 5.32 Å². The minimum atomic E-state index is -0.199. The van der Waals surface area contributed by atoms with Crippen molar-refractivity contribution in [1.29, 1.82) is 0 Å². The molecular weight excluding hydrogens is 348 g/mol. The van der Waals surface area contributed by atoms with Crippen LogP contribution in [0.2, 0.25) is 5.02 Å². The van der Waals surface area contributed by atoms with E-state index in [1.165, 1.54) is 5.57 Å². The molecule has 2 aromatic rings. The van der Waals surface area contributed by atoms with E-state index < -0.39 is 0 Å². The highest BCUT2D eigenvalue weighted by Crippen LogP contribution is 2.24. The van der Waals surface area contributed by atoms with Crippen LogP contribution in [0, 0.1) is 0 Å². The summed E-state index contributed by atoms with van der Waals surface area (Å²) in [7, 11) is 0. The lowest BCUT2D eigenvalue weighted by molar-refractivity contribution is -0.125. The van der Waals surface area contributed by atoms with Crippen molar-refractivity contribution in [2.24, 2.45) is 0 Å². The van der Waals surface area contributed by atoms with E-state index >= 15 is 0 Å². The average Bonchev–Trinajstić information content (AvgIpc) is 2.67. The molecule has 0 saturated carbocycles. The molecule has 136 valence electrons. The number of carbonyl (C=O) groups is 1. The Hall–Kier alpha value is -2.30. The number of carbonyl (C=O) groups excluding carboxylic acids is 1. The SMILES string of the molecule is CC(C(=O)NCc1ccccc1Cl)N1CC=C(c2ccc(O)cc2)CC1. The number of phenols is 1. The Morgan fingerprint density at radius 3 is 2.62 bits per heavy atom. The van der Waals surface area contributed by atoms with Crippen LogP contribution in [-0.4, -0.2) is 35.0 Å². The van der Waals surface area contributed by atoms with Crippen molar-refractivity contribution in [1.82, 2.24) is 10.2 Å². The Bertz CT molecular complexity index is 802. The fourth-order valence-corrected chi connectivity index (χ4v) is 3.31. The highest BCUT2D eigenvalue weighted by Gasteiger charge is 2.23. The Morgan fingerprint density at radius 1 is 1.23 bits per heavy atom. The van der Waals surface area contributed by atoms with Gasteiger partial charge in [-0.15, -0.1) is 0 Å².